The van der Waals surface area contributed by atoms with Crippen LogP contribution >= 0.6 is 0 Å². The molecule has 1 heterocycles. The smallest absolute Gasteiger partial charge is 0.174 e. The number of aromatic nitrogens is 1. The molecule has 2 aromatic carbocycles. The van der Waals surface area contributed by atoms with Crippen molar-refractivity contribution in [2.24, 2.45) is 5.41 Å². The van der Waals surface area contributed by atoms with Crippen molar-refractivity contribution in [3.8, 4) is 34.1 Å². The van der Waals surface area contributed by atoms with Crippen LogP contribution in [0.3, 0.4) is 0 Å². The third kappa shape index (κ3) is 4.40. The van der Waals surface area contributed by atoms with Crippen LogP contribution in [0.5, 0.6) is 11.5 Å². The average Bonchev–Trinajstić information content (AvgIpc) is 3.10. The molecule has 27 heavy (non-hydrogen) atoms. The number of nitrogens with zero attached hydrogens (tertiary/aromatic N) is 1. The summed E-state index contributed by atoms with van der Waals surface area (Å²) in [6.45, 7) is 6.49. The Morgan fingerprint density at radius 1 is 0.815 bits per heavy atom. The maximum absolute atomic E-state index is 5.76. The van der Waals surface area contributed by atoms with E-state index in [-0.39, 0.29) is 5.41 Å². The molecule has 140 valence electrons. The molecule has 0 unspecified atom stereocenters. The van der Waals surface area contributed by atoms with Gasteiger partial charge in [0.25, 0.3) is 0 Å². The summed E-state index contributed by atoms with van der Waals surface area (Å²) in [6.07, 6.45) is 4.26. The Kier molecular flexibility index (Phi) is 5.36. The highest BCUT2D eigenvalue weighted by molar-refractivity contribution is 5.81. The molecule has 0 bridgehead atoms. The van der Waals surface area contributed by atoms with Crippen molar-refractivity contribution in [1.82, 2.24) is 5.16 Å². The van der Waals surface area contributed by atoms with Crippen LogP contribution in [-0.4, -0.2) is 19.4 Å². The lowest BCUT2D eigenvalue weighted by Crippen LogP contribution is -1.98. The first-order valence-corrected chi connectivity index (χ1v) is 8.89. The predicted octanol–water partition coefficient (Wildman–Crippen LogP) is 6.09. The van der Waals surface area contributed by atoms with Gasteiger partial charge in [-0.15, -0.1) is 0 Å². The molecule has 0 aliphatic rings. The number of rotatable bonds is 5. The minimum Gasteiger partial charge on any atom is -0.497 e. The van der Waals surface area contributed by atoms with Gasteiger partial charge < -0.3 is 14.0 Å². The quantitative estimate of drug-likeness (QED) is 0.550. The monoisotopic (exact) mass is 363 g/mol. The number of ether oxygens (including phenoxy) is 2. The molecule has 0 aliphatic carbocycles. The normalized spacial score (nSPS) is 11.7. The van der Waals surface area contributed by atoms with Gasteiger partial charge >= 0.3 is 0 Å². The zero-order valence-electron chi connectivity index (χ0n) is 16.4. The van der Waals surface area contributed by atoms with Gasteiger partial charge in [0.1, 0.15) is 17.2 Å². The highest BCUT2D eigenvalue weighted by atomic mass is 16.5. The Hall–Kier alpha value is -3.01. The molecule has 0 fully saturated rings. The van der Waals surface area contributed by atoms with Gasteiger partial charge in [0.2, 0.25) is 0 Å². The largest absolute Gasteiger partial charge is 0.497 e. The average molecular weight is 363 g/mol. The molecule has 0 atom stereocenters. The SMILES string of the molecule is COc1ccc(-c2noc(-c3ccc(OC)cc3)c2/C=C/C(C)(C)C)cc1. The number of benzene rings is 2. The standard InChI is InChI=1S/C23H25NO3/c1-23(2,3)15-14-20-21(16-6-10-18(25-4)11-7-16)24-27-22(20)17-8-12-19(26-5)13-9-17/h6-15H,1-5H3/b15-14+. The van der Waals surface area contributed by atoms with Crippen molar-refractivity contribution in [2.75, 3.05) is 14.2 Å². The van der Waals surface area contributed by atoms with E-state index in [1.54, 1.807) is 14.2 Å². The van der Waals surface area contributed by atoms with Crippen LogP contribution in [0.1, 0.15) is 26.3 Å². The van der Waals surface area contributed by atoms with Gasteiger partial charge in [-0.25, -0.2) is 0 Å². The molecule has 4 nitrogen and oxygen atoms in total. The van der Waals surface area contributed by atoms with Crippen LogP contribution in [0.2, 0.25) is 0 Å². The van der Waals surface area contributed by atoms with Crippen LogP contribution < -0.4 is 9.47 Å². The molecular weight excluding hydrogens is 338 g/mol. The predicted molar refractivity (Wildman–Crippen MR) is 109 cm³/mol. The van der Waals surface area contributed by atoms with E-state index in [9.17, 15) is 0 Å². The van der Waals surface area contributed by atoms with Crippen molar-refractivity contribution in [2.45, 2.75) is 20.8 Å². The Labute approximate surface area is 160 Å². The lowest BCUT2D eigenvalue weighted by atomic mass is 9.93. The van der Waals surface area contributed by atoms with Crippen molar-refractivity contribution in [1.29, 1.82) is 0 Å². The van der Waals surface area contributed by atoms with Gasteiger partial charge in [0, 0.05) is 11.1 Å². The highest BCUT2D eigenvalue weighted by Crippen LogP contribution is 2.35. The van der Waals surface area contributed by atoms with E-state index in [2.05, 4.69) is 38.1 Å². The molecule has 0 radical (unpaired) electrons. The Morgan fingerprint density at radius 3 is 1.81 bits per heavy atom. The maximum atomic E-state index is 5.76. The van der Waals surface area contributed by atoms with E-state index in [1.807, 2.05) is 48.5 Å². The van der Waals surface area contributed by atoms with Crippen molar-refractivity contribution >= 4 is 6.08 Å². The van der Waals surface area contributed by atoms with E-state index in [4.69, 9.17) is 14.0 Å². The van der Waals surface area contributed by atoms with E-state index in [0.29, 0.717) is 0 Å². The van der Waals surface area contributed by atoms with Crippen LogP contribution in [0.4, 0.5) is 0 Å². The van der Waals surface area contributed by atoms with Gasteiger partial charge in [-0.3, -0.25) is 0 Å². The fourth-order valence-corrected chi connectivity index (χ4v) is 2.69. The summed E-state index contributed by atoms with van der Waals surface area (Å²) in [5.74, 6) is 2.36. The number of hydrogen-bond acceptors (Lipinski definition) is 4. The second kappa shape index (κ2) is 7.70. The summed E-state index contributed by atoms with van der Waals surface area (Å²) < 4.78 is 16.3. The fourth-order valence-electron chi connectivity index (χ4n) is 2.69. The third-order valence-corrected chi connectivity index (χ3v) is 4.19. The second-order valence-corrected chi connectivity index (χ2v) is 7.43. The van der Waals surface area contributed by atoms with Crippen molar-refractivity contribution < 1.29 is 14.0 Å². The van der Waals surface area contributed by atoms with Gasteiger partial charge in [-0.2, -0.15) is 0 Å². The maximum Gasteiger partial charge on any atom is 0.174 e. The first kappa shape index (κ1) is 18.8. The second-order valence-electron chi connectivity index (χ2n) is 7.43. The van der Waals surface area contributed by atoms with Crippen molar-refractivity contribution in [3.05, 3.63) is 60.2 Å². The molecular formula is C23H25NO3. The molecule has 0 saturated carbocycles. The lowest BCUT2D eigenvalue weighted by molar-refractivity contribution is 0.414. The molecule has 0 aliphatic heterocycles. The number of allylic oxidation sites excluding steroid dienone is 1. The molecule has 0 spiro atoms. The minimum atomic E-state index is 0.0472. The first-order valence-electron chi connectivity index (χ1n) is 8.89. The summed E-state index contributed by atoms with van der Waals surface area (Å²) in [6, 6.07) is 15.6. The van der Waals surface area contributed by atoms with E-state index in [0.717, 1.165) is 39.6 Å². The Morgan fingerprint density at radius 2 is 1.33 bits per heavy atom. The first-order chi connectivity index (χ1) is 12.9. The Bertz CT molecular complexity index is 849. The summed E-state index contributed by atoms with van der Waals surface area (Å²) in [5.41, 5.74) is 3.75. The zero-order valence-corrected chi connectivity index (χ0v) is 16.4. The molecule has 1 aromatic heterocycles. The van der Waals surface area contributed by atoms with Gasteiger partial charge in [-0.05, 0) is 53.9 Å². The van der Waals surface area contributed by atoms with E-state index in [1.165, 1.54) is 0 Å². The number of hydrogen-bond donors (Lipinski definition) is 0. The van der Waals surface area contributed by atoms with Crippen LogP contribution in [0, 0.1) is 5.41 Å². The summed E-state index contributed by atoms with van der Waals surface area (Å²) in [4.78, 5) is 0. The molecule has 4 heteroatoms. The van der Waals surface area contributed by atoms with E-state index >= 15 is 0 Å². The van der Waals surface area contributed by atoms with Crippen LogP contribution in [0.25, 0.3) is 28.7 Å². The molecule has 0 amide bonds. The molecule has 3 aromatic rings. The third-order valence-electron chi connectivity index (χ3n) is 4.19. The Balaban J connectivity index is 2.10. The minimum absolute atomic E-state index is 0.0472. The fraction of sp³-hybridized carbons (Fsp3) is 0.261. The molecule has 3 rings (SSSR count). The van der Waals surface area contributed by atoms with Gasteiger partial charge in [0.05, 0.1) is 19.8 Å². The van der Waals surface area contributed by atoms with Crippen LogP contribution in [0.15, 0.2) is 59.1 Å². The van der Waals surface area contributed by atoms with Crippen LogP contribution in [-0.2, 0) is 0 Å². The highest BCUT2D eigenvalue weighted by Gasteiger charge is 2.18. The number of methoxy groups -OCH3 is 2. The zero-order chi connectivity index (χ0) is 19.4. The molecule has 0 saturated heterocycles. The summed E-state index contributed by atoms with van der Waals surface area (Å²) >= 11 is 0. The van der Waals surface area contributed by atoms with Gasteiger partial charge in [0.15, 0.2) is 5.76 Å². The van der Waals surface area contributed by atoms with Gasteiger partial charge in [-0.1, -0.05) is 38.1 Å². The lowest BCUT2D eigenvalue weighted by Gasteiger charge is -2.11. The summed E-state index contributed by atoms with van der Waals surface area (Å²) in [7, 11) is 3.31. The summed E-state index contributed by atoms with van der Waals surface area (Å²) in [5, 5.41) is 4.36. The molecule has 0 N–H and O–H groups in total. The topological polar surface area (TPSA) is 44.5 Å². The van der Waals surface area contributed by atoms with E-state index < -0.39 is 0 Å². The van der Waals surface area contributed by atoms with Crippen molar-refractivity contribution in [3.63, 3.8) is 0 Å².